The Bertz CT molecular complexity index is 529. The van der Waals surface area contributed by atoms with Crippen LogP contribution in [0.25, 0.3) is 0 Å². The lowest BCUT2D eigenvalue weighted by Crippen LogP contribution is -2.64. The summed E-state index contributed by atoms with van der Waals surface area (Å²) < 4.78 is 5.28. The Hall–Kier alpha value is -1.63. The van der Waals surface area contributed by atoms with Crippen LogP contribution in [0.3, 0.4) is 0 Å². The standard InChI is InChI=1S/C16H24N4O2/c1-19-6-8-20(9-7-19)16-17-14(11-15(21)18-16)12-4-3-5-13(10-12)22-2/h3-5,10,14,16-17H,6-9,11H2,1-2H3,(H,18,21). The number of carbonyl (C=O) groups excluding carboxylic acids is 1. The molecular weight excluding hydrogens is 280 g/mol. The second-order valence-corrected chi connectivity index (χ2v) is 6.01. The van der Waals surface area contributed by atoms with Gasteiger partial charge in [-0.15, -0.1) is 0 Å². The van der Waals surface area contributed by atoms with Gasteiger partial charge in [0.1, 0.15) is 12.0 Å². The molecule has 0 bridgehead atoms. The SMILES string of the molecule is COc1cccc(C2CC(=O)NC(N3CCN(C)CC3)N2)c1. The zero-order valence-electron chi connectivity index (χ0n) is 13.2. The molecule has 0 spiro atoms. The predicted octanol–water partition coefficient (Wildman–Crippen LogP) is 0.377. The average molecular weight is 304 g/mol. The molecule has 22 heavy (non-hydrogen) atoms. The molecule has 0 saturated carbocycles. The van der Waals surface area contributed by atoms with Gasteiger partial charge in [0.05, 0.1) is 7.11 Å². The first-order chi connectivity index (χ1) is 10.7. The number of likely N-dealkylation sites (N-methyl/N-ethyl adjacent to an activating group) is 1. The lowest BCUT2D eigenvalue weighted by Gasteiger charge is -2.42. The highest BCUT2D eigenvalue weighted by Crippen LogP contribution is 2.24. The minimum Gasteiger partial charge on any atom is -0.497 e. The number of carbonyl (C=O) groups is 1. The molecule has 3 rings (SSSR count). The molecule has 6 nitrogen and oxygen atoms in total. The minimum atomic E-state index is -0.0915. The number of nitrogens with zero attached hydrogens (tertiary/aromatic N) is 2. The number of hydrogen-bond donors (Lipinski definition) is 2. The Balaban J connectivity index is 1.71. The van der Waals surface area contributed by atoms with Gasteiger partial charge in [-0.1, -0.05) is 12.1 Å². The largest absolute Gasteiger partial charge is 0.497 e. The summed E-state index contributed by atoms with van der Waals surface area (Å²) in [5, 5.41) is 6.61. The maximum atomic E-state index is 12.1. The van der Waals surface area contributed by atoms with E-state index in [-0.39, 0.29) is 18.2 Å². The van der Waals surface area contributed by atoms with Gasteiger partial charge in [-0.25, -0.2) is 0 Å². The van der Waals surface area contributed by atoms with Gasteiger partial charge in [0, 0.05) is 38.6 Å². The Morgan fingerprint density at radius 2 is 2.00 bits per heavy atom. The first kappa shape index (κ1) is 15.3. The van der Waals surface area contributed by atoms with Gasteiger partial charge in [0.2, 0.25) is 5.91 Å². The third-order valence-electron chi connectivity index (χ3n) is 4.45. The smallest absolute Gasteiger partial charge is 0.224 e. The van der Waals surface area contributed by atoms with Crippen LogP contribution in [0.2, 0.25) is 0 Å². The number of methoxy groups -OCH3 is 1. The number of nitrogens with one attached hydrogen (secondary N) is 2. The van der Waals surface area contributed by atoms with Gasteiger partial charge in [-0.3, -0.25) is 15.0 Å². The predicted molar refractivity (Wildman–Crippen MR) is 84.5 cm³/mol. The molecule has 1 amide bonds. The highest BCUT2D eigenvalue weighted by Gasteiger charge is 2.31. The Morgan fingerprint density at radius 3 is 2.73 bits per heavy atom. The number of ether oxygens (including phenoxy) is 1. The summed E-state index contributed by atoms with van der Waals surface area (Å²) in [5.41, 5.74) is 1.09. The van der Waals surface area contributed by atoms with Crippen LogP contribution in [0.5, 0.6) is 5.75 Å². The summed E-state index contributed by atoms with van der Waals surface area (Å²) in [6.07, 6.45) is 0.364. The van der Waals surface area contributed by atoms with Gasteiger partial charge in [-0.2, -0.15) is 0 Å². The van der Waals surface area contributed by atoms with Crippen LogP contribution >= 0.6 is 0 Å². The maximum Gasteiger partial charge on any atom is 0.224 e. The van der Waals surface area contributed by atoms with Crippen LogP contribution in [0.15, 0.2) is 24.3 Å². The molecule has 0 aliphatic carbocycles. The number of hydrogen-bond acceptors (Lipinski definition) is 5. The number of benzene rings is 1. The molecule has 6 heteroatoms. The van der Waals surface area contributed by atoms with Crippen molar-refractivity contribution in [3.63, 3.8) is 0 Å². The van der Waals surface area contributed by atoms with Crippen molar-refractivity contribution in [3.05, 3.63) is 29.8 Å². The first-order valence-electron chi connectivity index (χ1n) is 7.77. The van der Waals surface area contributed by atoms with Crippen molar-refractivity contribution >= 4 is 5.91 Å². The van der Waals surface area contributed by atoms with E-state index in [9.17, 15) is 4.79 Å². The average Bonchev–Trinajstić information content (AvgIpc) is 2.55. The summed E-state index contributed by atoms with van der Waals surface area (Å²) in [4.78, 5) is 16.7. The summed E-state index contributed by atoms with van der Waals surface area (Å²) in [6.45, 7) is 3.97. The van der Waals surface area contributed by atoms with Gasteiger partial charge in [0.25, 0.3) is 0 Å². The van der Waals surface area contributed by atoms with Gasteiger partial charge in [-0.05, 0) is 24.7 Å². The van der Waals surface area contributed by atoms with Crippen LogP contribution in [-0.4, -0.2) is 62.3 Å². The molecule has 1 aromatic rings. The van der Waals surface area contributed by atoms with Crippen LogP contribution in [0, 0.1) is 0 Å². The fourth-order valence-electron chi connectivity index (χ4n) is 3.04. The molecule has 2 N–H and O–H groups in total. The van der Waals surface area contributed by atoms with Crippen molar-refractivity contribution in [1.82, 2.24) is 20.4 Å². The van der Waals surface area contributed by atoms with Crippen molar-refractivity contribution in [2.45, 2.75) is 18.8 Å². The second-order valence-electron chi connectivity index (χ2n) is 6.01. The molecule has 2 atom stereocenters. The Morgan fingerprint density at radius 1 is 1.23 bits per heavy atom. The molecule has 2 heterocycles. The highest BCUT2D eigenvalue weighted by molar-refractivity contribution is 5.78. The van der Waals surface area contributed by atoms with Crippen molar-refractivity contribution in [2.24, 2.45) is 0 Å². The molecule has 0 radical (unpaired) electrons. The lowest BCUT2D eigenvalue weighted by atomic mass is 10.0. The zero-order valence-corrected chi connectivity index (χ0v) is 13.2. The fraction of sp³-hybridized carbons (Fsp3) is 0.562. The first-order valence-corrected chi connectivity index (χ1v) is 7.77. The monoisotopic (exact) mass is 304 g/mol. The van der Waals surface area contributed by atoms with E-state index < -0.39 is 0 Å². The summed E-state index contributed by atoms with van der Waals surface area (Å²) in [6, 6.07) is 7.95. The third-order valence-corrected chi connectivity index (χ3v) is 4.45. The van der Waals surface area contributed by atoms with E-state index in [1.807, 2.05) is 24.3 Å². The highest BCUT2D eigenvalue weighted by atomic mass is 16.5. The fourth-order valence-corrected chi connectivity index (χ4v) is 3.04. The third kappa shape index (κ3) is 3.40. The van der Waals surface area contributed by atoms with E-state index in [0.29, 0.717) is 6.42 Å². The summed E-state index contributed by atoms with van der Waals surface area (Å²) >= 11 is 0. The molecular formula is C16H24N4O2. The van der Waals surface area contributed by atoms with E-state index >= 15 is 0 Å². The maximum absolute atomic E-state index is 12.1. The van der Waals surface area contributed by atoms with E-state index in [1.165, 1.54) is 0 Å². The van der Waals surface area contributed by atoms with Crippen molar-refractivity contribution in [1.29, 1.82) is 0 Å². The van der Waals surface area contributed by atoms with E-state index in [0.717, 1.165) is 37.5 Å². The quantitative estimate of drug-likeness (QED) is 0.845. The van der Waals surface area contributed by atoms with Crippen molar-refractivity contribution in [3.8, 4) is 5.75 Å². The molecule has 2 fully saturated rings. The minimum absolute atomic E-state index is 0.0218. The summed E-state index contributed by atoms with van der Waals surface area (Å²) in [5.74, 6) is 0.914. The van der Waals surface area contributed by atoms with Gasteiger partial charge >= 0.3 is 0 Å². The van der Waals surface area contributed by atoms with Crippen LogP contribution in [0.1, 0.15) is 18.0 Å². The molecule has 2 aliphatic rings. The van der Waals surface area contributed by atoms with Crippen LogP contribution < -0.4 is 15.4 Å². The topological polar surface area (TPSA) is 56.8 Å². The van der Waals surface area contributed by atoms with Crippen LogP contribution in [-0.2, 0) is 4.79 Å². The van der Waals surface area contributed by atoms with Gasteiger partial charge < -0.3 is 15.0 Å². The molecule has 2 saturated heterocycles. The lowest BCUT2D eigenvalue weighted by molar-refractivity contribution is -0.127. The Kier molecular flexibility index (Phi) is 4.61. The zero-order chi connectivity index (χ0) is 15.5. The molecule has 0 aromatic heterocycles. The summed E-state index contributed by atoms with van der Waals surface area (Å²) in [7, 11) is 3.79. The van der Waals surface area contributed by atoms with Crippen molar-refractivity contribution < 1.29 is 9.53 Å². The van der Waals surface area contributed by atoms with E-state index in [2.05, 4.69) is 27.5 Å². The van der Waals surface area contributed by atoms with Crippen LogP contribution in [0.4, 0.5) is 0 Å². The molecule has 2 unspecified atom stereocenters. The second kappa shape index (κ2) is 6.64. The Labute approximate surface area is 131 Å². The normalized spacial score (nSPS) is 27.5. The number of piperazine rings is 1. The number of amides is 1. The van der Waals surface area contributed by atoms with Crippen molar-refractivity contribution in [2.75, 3.05) is 40.3 Å². The number of rotatable bonds is 3. The van der Waals surface area contributed by atoms with E-state index in [1.54, 1.807) is 7.11 Å². The van der Waals surface area contributed by atoms with E-state index in [4.69, 9.17) is 4.74 Å². The molecule has 2 aliphatic heterocycles. The van der Waals surface area contributed by atoms with Gasteiger partial charge in [0.15, 0.2) is 0 Å². The molecule has 1 aromatic carbocycles. The molecule has 120 valence electrons.